The van der Waals surface area contributed by atoms with Gasteiger partial charge in [-0.2, -0.15) is 0 Å². The summed E-state index contributed by atoms with van der Waals surface area (Å²) in [7, 11) is 0. The number of nitrogens with one attached hydrogen (secondary N) is 2. The van der Waals surface area contributed by atoms with E-state index in [0.717, 1.165) is 31.5 Å². The maximum atomic E-state index is 12.7. The van der Waals surface area contributed by atoms with Crippen molar-refractivity contribution in [2.45, 2.75) is 25.8 Å². The average Bonchev–Trinajstić information content (AvgIpc) is 3.20. The van der Waals surface area contributed by atoms with Gasteiger partial charge in [0.2, 0.25) is 11.9 Å². The van der Waals surface area contributed by atoms with Crippen LogP contribution in [0.4, 0.5) is 5.95 Å². The number of hydrogen-bond donors (Lipinski definition) is 2. The van der Waals surface area contributed by atoms with Crippen LogP contribution in [0.15, 0.2) is 42.6 Å². The molecule has 0 aliphatic carbocycles. The maximum Gasteiger partial charge on any atom is 0.270 e. The van der Waals surface area contributed by atoms with Crippen molar-refractivity contribution in [1.29, 1.82) is 0 Å². The fourth-order valence-corrected chi connectivity index (χ4v) is 2.96. The Kier molecular flexibility index (Phi) is 5.78. The highest BCUT2D eigenvalue weighted by molar-refractivity contribution is 5.92. The van der Waals surface area contributed by atoms with Crippen molar-refractivity contribution in [2.75, 3.05) is 24.5 Å². The predicted octanol–water partition coefficient (Wildman–Crippen LogP) is 1.68. The van der Waals surface area contributed by atoms with Crippen molar-refractivity contribution in [3.05, 3.63) is 53.9 Å². The van der Waals surface area contributed by atoms with Gasteiger partial charge in [-0.15, -0.1) is 0 Å². The molecule has 0 bridgehead atoms. The molecule has 1 aromatic heterocycles. The standard InChI is InChI=1S/C19H23N5O2/c1-14(25)21-13-17(15-7-3-2-4-8-15)22-18(26)16-9-10-20-19(23-16)24-11-5-6-12-24/h2-4,7-10,17H,5-6,11-13H2,1H3,(H,21,25)(H,22,26)/t17-/m0/s1. The van der Waals surface area contributed by atoms with Crippen molar-refractivity contribution in [3.63, 3.8) is 0 Å². The van der Waals surface area contributed by atoms with Crippen LogP contribution in [-0.2, 0) is 4.79 Å². The smallest absolute Gasteiger partial charge is 0.270 e. The summed E-state index contributed by atoms with van der Waals surface area (Å²) in [4.78, 5) is 34.8. The van der Waals surface area contributed by atoms with Crippen LogP contribution in [0, 0.1) is 0 Å². The molecule has 0 saturated carbocycles. The molecule has 1 saturated heterocycles. The third kappa shape index (κ3) is 4.56. The van der Waals surface area contributed by atoms with E-state index in [1.807, 2.05) is 30.3 Å². The minimum Gasteiger partial charge on any atom is -0.354 e. The highest BCUT2D eigenvalue weighted by Gasteiger charge is 2.20. The lowest BCUT2D eigenvalue weighted by molar-refractivity contribution is -0.119. The monoisotopic (exact) mass is 353 g/mol. The van der Waals surface area contributed by atoms with E-state index in [1.54, 1.807) is 12.3 Å². The first kappa shape index (κ1) is 17.8. The summed E-state index contributed by atoms with van der Waals surface area (Å²) >= 11 is 0. The summed E-state index contributed by atoms with van der Waals surface area (Å²) in [6.45, 7) is 3.60. The lowest BCUT2D eigenvalue weighted by atomic mass is 10.1. The van der Waals surface area contributed by atoms with Gasteiger partial charge in [-0.25, -0.2) is 9.97 Å². The van der Waals surface area contributed by atoms with Gasteiger partial charge in [0.1, 0.15) is 5.69 Å². The maximum absolute atomic E-state index is 12.7. The number of carbonyl (C=O) groups excluding carboxylic acids is 2. The Balaban J connectivity index is 1.74. The lowest BCUT2D eigenvalue weighted by Crippen LogP contribution is -2.37. The van der Waals surface area contributed by atoms with Gasteiger partial charge in [0.15, 0.2) is 0 Å². The Labute approximate surface area is 152 Å². The SMILES string of the molecule is CC(=O)NC[C@H](NC(=O)c1ccnc(N2CCCC2)n1)c1ccccc1. The van der Waals surface area contributed by atoms with E-state index >= 15 is 0 Å². The van der Waals surface area contributed by atoms with E-state index in [2.05, 4.69) is 25.5 Å². The number of carbonyl (C=O) groups is 2. The molecule has 0 unspecified atom stereocenters. The third-order valence-electron chi connectivity index (χ3n) is 4.33. The summed E-state index contributed by atoms with van der Waals surface area (Å²) in [6.07, 6.45) is 3.85. The molecular weight excluding hydrogens is 330 g/mol. The molecule has 7 nitrogen and oxygen atoms in total. The first-order valence-electron chi connectivity index (χ1n) is 8.82. The topological polar surface area (TPSA) is 87.2 Å². The van der Waals surface area contributed by atoms with Crippen LogP contribution < -0.4 is 15.5 Å². The molecule has 2 aromatic rings. The molecule has 1 atom stereocenters. The molecule has 2 N–H and O–H groups in total. The van der Waals surface area contributed by atoms with Crippen LogP contribution in [0.3, 0.4) is 0 Å². The Bertz CT molecular complexity index is 760. The number of amides is 2. The predicted molar refractivity (Wildman–Crippen MR) is 98.8 cm³/mol. The highest BCUT2D eigenvalue weighted by atomic mass is 16.2. The van der Waals surface area contributed by atoms with E-state index in [4.69, 9.17) is 0 Å². The third-order valence-corrected chi connectivity index (χ3v) is 4.33. The van der Waals surface area contributed by atoms with E-state index in [1.165, 1.54) is 6.92 Å². The fraction of sp³-hybridized carbons (Fsp3) is 0.368. The molecule has 3 rings (SSSR count). The van der Waals surface area contributed by atoms with Crippen LogP contribution in [0.2, 0.25) is 0 Å². The van der Waals surface area contributed by atoms with Crippen molar-refractivity contribution in [3.8, 4) is 0 Å². The van der Waals surface area contributed by atoms with Crippen LogP contribution in [0.25, 0.3) is 0 Å². The van der Waals surface area contributed by atoms with Crippen molar-refractivity contribution in [2.24, 2.45) is 0 Å². The zero-order chi connectivity index (χ0) is 18.4. The number of nitrogens with zero attached hydrogens (tertiary/aromatic N) is 3. The number of rotatable bonds is 6. The lowest BCUT2D eigenvalue weighted by Gasteiger charge is -2.20. The Morgan fingerprint density at radius 3 is 2.58 bits per heavy atom. The number of hydrogen-bond acceptors (Lipinski definition) is 5. The van der Waals surface area contributed by atoms with Gasteiger partial charge in [-0.1, -0.05) is 30.3 Å². The Morgan fingerprint density at radius 1 is 1.15 bits per heavy atom. The quantitative estimate of drug-likeness (QED) is 0.825. The second-order valence-corrected chi connectivity index (χ2v) is 6.31. The van der Waals surface area contributed by atoms with Gasteiger partial charge < -0.3 is 15.5 Å². The zero-order valence-electron chi connectivity index (χ0n) is 14.8. The molecule has 1 fully saturated rings. The van der Waals surface area contributed by atoms with Gasteiger partial charge in [0.25, 0.3) is 5.91 Å². The molecule has 1 aliphatic rings. The Hall–Kier alpha value is -2.96. The molecule has 0 radical (unpaired) electrons. The molecule has 1 aromatic carbocycles. The van der Waals surface area contributed by atoms with Gasteiger partial charge in [-0.3, -0.25) is 9.59 Å². The normalized spacial score (nSPS) is 14.7. The van der Waals surface area contributed by atoms with E-state index in [9.17, 15) is 9.59 Å². The second-order valence-electron chi connectivity index (χ2n) is 6.31. The summed E-state index contributed by atoms with van der Waals surface area (Å²) in [6, 6.07) is 10.8. The second kappa shape index (κ2) is 8.42. The van der Waals surface area contributed by atoms with Crippen molar-refractivity contribution in [1.82, 2.24) is 20.6 Å². The summed E-state index contributed by atoms with van der Waals surface area (Å²) in [5.74, 6) is 0.166. The molecular formula is C19H23N5O2. The zero-order valence-corrected chi connectivity index (χ0v) is 14.8. The van der Waals surface area contributed by atoms with Gasteiger partial charge in [0, 0.05) is 32.8 Å². The molecule has 0 spiro atoms. The molecule has 136 valence electrons. The Morgan fingerprint density at radius 2 is 1.88 bits per heavy atom. The summed E-state index contributed by atoms with van der Waals surface area (Å²) < 4.78 is 0. The average molecular weight is 353 g/mol. The van der Waals surface area contributed by atoms with Crippen molar-refractivity contribution < 1.29 is 9.59 Å². The molecule has 1 aliphatic heterocycles. The highest BCUT2D eigenvalue weighted by Crippen LogP contribution is 2.16. The van der Waals surface area contributed by atoms with Crippen LogP contribution >= 0.6 is 0 Å². The van der Waals surface area contributed by atoms with E-state index in [-0.39, 0.29) is 17.9 Å². The largest absolute Gasteiger partial charge is 0.354 e. The summed E-state index contributed by atoms with van der Waals surface area (Å²) in [5.41, 5.74) is 1.24. The van der Waals surface area contributed by atoms with Gasteiger partial charge >= 0.3 is 0 Å². The van der Waals surface area contributed by atoms with Crippen LogP contribution in [0.1, 0.15) is 41.9 Å². The number of aromatic nitrogens is 2. The number of benzene rings is 1. The first-order valence-corrected chi connectivity index (χ1v) is 8.82. The van der Waals surface area contributed by atoms with Gasteiger partial charge in [0.05, 0.1) is 6.04 Å². The fourth-order valence-electron chi connectivity index (χ4n) is 2.96. The summed E-state index contributed by atoms with van der Waals surface area (Å²) in [5, 5.41) is 5.72. The minimum atomic E-state index is -0.335. The molecule has 2 heterocycles. The van der Waals surface area contributed by atoms with Crippen LogP contribution in [0.5, 0.6) is 0 Å². The molecule has 26 heavy (non-hydrogen) atoms. The van der Waals surface area contributed by atoms with Crippen LogP contribution in [-0.4, -0.2) is 41.4 Å². The van der Waals surface area contributed by atoms with Crippen molar-refractivity contribution >= 4 is 17.8 Å². The van der Waals surface area contributed by atoms with Gasteiger partial charge in [-0.05, 0) is 24.5 Å². The van der Waals surface area contributed by atoms with E-state index in [0.29, 0.717) is 18.2 Å². The first-order chi connectivity index (χ1) is 12.6. The van der Waals surface area contributed by atoms with E-state index < -0.39 is 0 Å². The molecule has 7 heteroatoms. The number of anilines is 1. The molecule has 2 amide bonds. The minimum absolute atomic E-state index is 0.140.